The molecule has 0 aliphatic heterocycles. The highest BCUT2D eigenvalue weighted by Crippen LogP contribution is 2.38. The fourth-order valence-corrected chi connectivity index (χ4v) is 3.99. The van der Waals surface area contributed by atoms with Crippen LogP contribution in [0.15, 0.2) is 78.2 Å². The molecule has 0 aliphatic rings. The standard InChI is InChI=1S/C22H21N3S/c1-3-16(2)26-22-20-19(17-10-6-4-7-11-17)14-25(21(20)23-15-24-22)18-12-8-5-9-13-18/h4-16H,3H2,1-2H3. The van der Waals surface area contributed by atoms with Crippen LogP contribution in [0.5, 0.6) is 0 Å². The molecular formula is C22H21N3S. The zero-order valence-corrected chi connectivity index (χ0v) is 15.8. The Balaban J connectivity index is 1.99. The van der Waals surface area contributed by atoms with Gasteiger partial charge in [-0.05, 0) is 24.1 Å². The topological polar surface area (TPSA) is 30.7 Å². The van der Waals surface area contributed by atoms with Gasteiger partial charge in [0.1, 0.15) is 17.0 Å². The number of hydrogen-bond acceptors (Lipinski definition) is 3. The molecule has 0 amide bonds. The molecule has 0 saturated heterocycles. The van der Waals surface area contributed by atoms with Crippen LogP contribution < -0.4 is 0 Å². The second-order valence-corrected chi connectivity index (χ2v) is 7.76. The maximum Gasteiger partial charge on any atom is 0.149 e. The van der Waals surface area contributed by atoms with Gasteiger partial charge in [-0.15, -0.1) is 11.8 Å². The van der Waals surface area contributed by atoms with Crippen molar-refractivity contribution in [2.24, 2.45) is 0 Å². The minimum Gasteiger partial charge on any atom is -0.301 e. The van der Waals surface area contributed by atoms with E-state index in [1.165, 1.54) is 11.1 Å². The zero-order chi connectivity index (χ0) is 17.9. The summed E-state index contributed by atoms with van der Waals surface area (Å²) in [4.78, 5) is 9.26. The Bertz CT molecular complexity index is 1010. The van der Waals surface area contributed by atoms with E-state index in [4.69, 9.17) is 0 Å². The third-order valence-electron chi connectivity index (χ3n) is 4.56. The molecule has 2 aromatic heterocycles. The van der Waals surface area contributed by atoms with Gasteiger partial charge in [0.25, 0.3) is 0 Å². The summed E-state index contributed by atoms with van der Waals surface area (Å²) in [5.74, 6) is 0. The molecular weight excluding hydrogens is 338 g/mol. The van der Waals surface area contributed by atoms with Gasteiger partial charge in [-0.2, -0.15) is 0 Å². The SMILES string of the molecule is CCC(C)Sc1ncnc2c1c(-c1ccccc1)cn2-c1ccccc1. The van der Waals surface area contributed by atoms with E-state index in [0.29, 0.717) is 5.25 Å². The highest BCUT2D eigenvalue weighted by molar-refractivity contribution is 8.00. The van der Waals surface area contributed by atoms with Crippen LogP contribution in [0.2, 0.25) is 0 Å². The van der Waals surface area contributed by atoms with E-state index < -0.39 is 0 Å². The lowest BCUT2D eigenvalue weighted by Gasteiger charge is -2.09. The van der Waals surface area contributed by atoms with Crippen molar-refractivity contribution in [1.29, 1.82) is 0 Å². The van der Waals surface area contributed by atoms with Crippen LogP contribution in [0, 0.1) is 0 Å². The Morgan fingerprint density at radius 2 is 1.65 bits per heavy atom. The molecule has 1 atom stereocenters. The minimum absolute atomic E-state index is 0.511. The third-order valence-corrected chi connectivity index (χ3v) is 5.82. The molecule has 0 spiro atoms. The van der Waals surface area contributed by atoms with Crippen molar-refractivity contribution in [2.75, 3.05) is 0 Å². The highest BCUT2D eigenvalue weighted by Gasteiger charge is 2.18. The number of thioether (sulfide) groups is 1. The summed E-state index contributed by atoms with van der Waals surface area (Å²) >= 11 is 1.83. The molecule has 4 aromatic rings. The van der Waals surface area contributed by atoms with Gasteiger partial charge in [0.2, 0.25) is 0 Å². The molecule has 0 bridgehead atoms. The average molecular weight is 359 g/mol. The van der Waals surface area contributed by atoms with Crippen molar-refractivity contribution in [1.82, 2.24) is 14.5 Å². The molecule has 26 heavy (non-hydrogen) atoms. The Morgan fingerprint density at radius 3 is 2.35 bits per heavy atom. The Hall–Kier alpha value is -2.59. The first kappa shape index (κ1) is 16.9. The van der Waals surface area contributed by atoms with Crippen LogP contribution in [0.1, 0.15) is 20.3 Å². The van der Waals surface area contributed by atoms with Crippen LogP contribution in [-0.2, 0) is 0 Å². The normalized spacial score (nSPS) is 12.4. The predicted octanol–water partition coefficient (Wildman–Crippen LogP) is 5.98. The summed E-state index contributed by atoms with van der Waals surface area (Å²) < 4.78 is 2.17. The first-order valence-corrected chi connectivity index (χ1v) is 9.79. The molecule has 4 heteroatoms. The molecule has 4 rings (SSSR count). The maximum absolute atomic E-state index is 4.64. The van der Waals surface area contributed by atoms with Gasteiger partial charge in [0.15, 0.2) is 0 Å². The van der Waals surface area contributed by atoms with Crippen LogP contribution in [0.3, 0.4) is 0 Å². The summed E-state index contributed by atoms with van der Waals surface area (Å²) in [6.07, 6.45) is 4.97. The molecule has 2 heterocycles. The van der Waals surface area contributed by atoms with E-state index in [-0.39, 0.29) is 0 Å². The zero-order valence-electron chi connectivity index (χ0n) is 15.0. The first-order valence-electron chi connectivity index (χ1n) is 8.91. The van der Waals surface area contributed by atoms with E-state index in [0.717, 1.165) is 28.2 Å². The second kappa shape index (κ2) is 7.34. The summed E-state index contributed by atoms with van der Waals surface area (Å²) in [5.41, 5.74) is 4.43. The highest BCUT2D eigenvalue weighted by atomic mass is 32.2. The summed E-state index contributed by atoms with van der Waals surface area (Å²) in [5, 5.41) is 2.70. The molecule has 130 valence electrons. The lowest BCUT2D eigenvalue weighted by atomic mass is 10.1. The number of hydrogen-bond donors (Lipinski definition) is 0. The quantitative estimate of drug-likeness (QED) is 0.324. The van der Waals surface area contributed by atoms with Gasteiger partial charge in [0.05, 0.1) is 5.39 Å². The van der Waals surface area contributed by atoms with E-state index in [1.807, 2.05) is 23.9 Å². The number of aromatic nitrogens is 3. The molecule has 0 N–H and O–H groups in total. The Labute approximate surface area is 158 Å². The first-order chi connectivity index (χ1) is 12.8. The lowest BCUT2D eigenvalue weighted by Crippen LogP contribution is -1.97. The van der Waals surface area contributed by atoms with Crippen LogP contribution in [0.4, 0.5) is 0 Å². The van der Waals surface area contributed by atoms with E-state index >= 15 is 0 Å². The summed E-state index contributed by atoms with van der Waals surface area (Å²) in [6, 6.07) is 20.9. The van der Waals surface area contributed by atoms with Crippen molar-refractivity contribution in [3.63, 3.8) is 0 Å². The molecule has 0 aliphatic carbocycles. The van der Waals surface area contributed by atoms with E-state index in [9.17, 15) is 0 Å². The van der Waals surface area contributed by atoms with Gasteiger partial charge in [-0.1, -0.05) is 62.4 Å². The molecule has 3 nitrogen and oxygen atoms in total. The molecule has 2 aromatic carbocycles. The monoisotopic (exact) mass is 359 g/mol. The molecule has 1 unspecified atom stereocenters. The second-order valence-electron chi connectivity index (χ2n) is 6.33. The van der Waals surface area contributed by atoms with Crippen molar-refractivity contribution in [3.05, 3.63) is 73.2 Å². The number of fused-ring (bicyclic) bond motifs is 1. The fourth-order valence-electron chi connectivity index (χ4n) is 3.02. The van der Waals surface area contributed by atoms with Crippen LogP contribution >= 0.6 is 11.8 Å². The third kappa shape index (κ3) is 3.13. The van der Waals surface area contributed by atoms with Crippen molar-refractivity contribution >= 4 is 22.8 Å². The Morgan fingerprint density at radius 1 is 0.962 bits per heavy atom. The molecule has 0 radical (unpaired) electrons. The van der Waals surface area contributed by atoms with Gasteiger partial charge in [0, 0.05) is 22.7 Å². The number of benzene rings is 2. The maximum atomic E-state index is 4.64. The number of para-hydroxylation sites is 1. The van der Waals surface area contributed by atoms with Crippen molar-refractivity contribution in [2.45, 2.75) is 30.5 Å². The van der Waals surface area contributed by atoms with Crippen LogP contribution in [0.25, 0.3) is 27.8 Å². The molecule has 0 saturated carbocycles. The van der Waals surface area contributed by atoms with Crippen molar-refractivity contribution < 1.29 is 0 Å². The molecule has 0 fully saturated rings. The largest absolute Gasteiger partial charge is 0.301 e. The van der Waals surface area contributed by atoms with Crippen molar-refractivity contribution in [3.8, 4) is 16.8 Å². The van der Waals surface area contributed by atoms with Gasteiger partial charge in [-0.3, -0.25) is 0 Å². The van der Waals surface area contributed by atoms with Gasteiger partial charge >= 0.3 is 0 Å². The lowest BCUT2D eigenvalue weighted by molar-refractivity contribution is 0.901. The van der Waals surface area contributed by atoms with Crippen LogP contribution in [-0.4, -0.2) is 19.8 Å². The number of nitrogens with zero attached hydrogens (tertiary/aromatic N) is 3. The van der Waals surface area contributed by atoms with E-state index in [2.05, 4.69) is 83.1 Å². The number of rotatable bonds is 5. The summed E-state index contributed by atoms with van der Waals surface area (Å²) in [7, 11) is 0. The minimum atomic E-state index is 0.511. The fraction of sp³-hybridized carbons (Fsp3) is 0.182. The van der Waals surface area contributed by atoms with Gasteiger partial charge < -0.3 is 4.57 Å². The predicted molar refractivity (Wildman–Crippen MR) is 110 cm³/mol. The van der Waals surface area contributed by atoms with Gasteiger partial charge in [-0.25, -0.2) is 9.97 Å². The smallest absolute Gasteiger partial charge is 0.149 e. The average Bonchev–Trinajstić information content (AvgIpc) is 3.10. The summed E-state index contributed by atoms with van der Waals surface area (Å²) in [6.45, 7) is 4.46. The Kier molecular flexibility index (Phi) is 4.76. The van der Waals surface area contributed by atoms with E-state index in [1.54, 1.807) is 6.33 Å².